The molecule has 2 nitrogen and oxygen atoms in total. The maximum absolute atomic E-state index is 13.7. The van der Waals surface area contributed by atoms with Gasteiger partial charge in [-0.25, -0.2) is 4.39 Å². The summed E-state index contributed by atoms with van der Waals surface area (Å²) in [6.45, 7) is 5.79. The maximum atomic E-state index is 13.7. The van der Waals surface area contributed by atoms with E-state index in [1.54, 1.807) is 12.1 Å². The molecule has 0 amide bonds. The second-order valence-corrected chi connectivity index (χ2v) is 4.50. The molecule has 0 radical (unpaired) electrons. The van der Waals surface area contributed by atoms with Crippen LogP contribution in [0.25, 0.3) is 0 Å². The number of hydrogen-bond acceptors (Lipinski definition) is 2. The lowest BCUT2D eigenvalue weighted by molar-refractivity contribution is 0.182. The third-order valence-corrected chi connectivity index (χ3v) is 3.45. The van der Waals surface area contributed by atoms with Gasteiger partial charge in [0.2, 0.25) is 0 Å². The molecular formula is C12H17Cl2FN2. The predicted octanol–water partition coefficient (Wildman–Crippen LogP) is 2.87. The molecule has 1 saturated heterocycles. The molecule has 1 N–H and O–H groups in total. The Balaban J connectivity index is 0.00000144. The average molecular weight is 279 g/mol. The van der Waals surface area contributed by atoms with Crippen molar-refractivity contribution in [2.24, 2.45) is 0 Å². The first-order chi connectivity index (χ1) is 7.70. The maximum Gasteiger partial charge on any atom is 0.129 e. The van der Waals surface area contributed by atoms with Gasteiger partial charge in [0.05, 0.1) is 0 Å². The van der Waals surface area contributed by atoms with Gasteiger partial charge in [-0.3, -0.25) is 4.90 Å². The molecule has 96 valence electrons. The lowest BCUT2D eigenvalue weighted by Crippen LogP contribution is -2.44. The van der Waals surface area contributed by atoms with Crippen molar-refractivity contribution in [3.63, 3.8) is 0 Å². The summed E-state index contributed by atoms with van der Waals surface area (Å²) in [6.07, 6.45) is 0. The molecule has 0 bridgehead atoms. The monoisotopic (exact) mass is 278 g/mol. The number of benzene rings is 1. The number of nitrogens with one attached hydrogen (secondary N) is 1. The summed E-state index contributed by atoms with van der Waals surface area (Å²) in [5.74, 6) is -0.210. The predicted molar refractivity (Wildman–Crippen MR) is 71.5 cm³/mol. The number of piperazine rings is 1. The summed E-state index contributed by atoms with van der Waals surface area (Å²) in [6, 6.07) is 4.90. The van der Waals surface area contributed by atoms with Crippen molar-refractivity contribution in [2.45, 2.75) is 13.0 Å². The third-order valence-electron chi connectivity index (χ3n) is 3.12. The van der Waals surface area contributed by atoms with E-state index >= 15 is 0 Å². The molecule has 1 aromatic rings. The summed E-state index contributed by atoms with van der Waals surface area (Å²) >= 11 is 6.06. The third kappa shape index (κ3) is 3.32. The minimum Gasteiger partial charge on any atom is -0.314 e. The van der Waals surface area contributed by atoms with E-state index in [0.29, 0.717) is 10.6 Å². The van der Waals surface area contributed by atoms with Crippen molar-refractivity contribution >= 4 is 24.0 Å². The zero-order valence-electron chi connectivity index (χ0n) is 9.75. The Hall–Kier alpha value is -0.350. The van der Waals surface area contributed by atoms with E-state index in [0.717, 1.165) is 26.2 Å². The first-order valence-electron chi connectivity index (χ1n) is 5.59. The first-order valence-corrected chi connectivity index (χ1v) is 5.96. The molecule has 2 rings (SSSR count). The van der Waals surface area contributed by atoms with Gasteiger partial charge in [-0.05, 0) is 19.1 Å². The van der Waals surface area contributed by atoms with Crippen LogP contribution in [0.5, 0.6) is 0 Å². The van der Waals surface area contributed by atoms with Crippen LogP contribution in [-0.2, 0) is 0 Å². The Bertz CT molecular complexity index is 347. The SMILES string of the molecule is C[C@H](c1c(F)cccc1Cl)N1CCNCC1.Cl. The fraction of sp³-hybridized carbons (Fsp3) is 0.500. The van der Waals surface area contributed by atoms with Crippen LogP contribution in [0.15, 0.2) is 18.2 Å². The molecule has 1 heterocycles. The molecule has 5 heteroatoms. The first kappa shape index (κ1) is 14.7. The lowest BCUT2D eigenvalue weighted by atomic mass is 10.1. The molecule has 17 heavy (non-hydrogen) atoms. The van der Waals surface area contributed by atoms with Gasteiger partial charge >= 0.3 is 0 Å². The van der Waals surface area contributed by atoms with E-state index in [1.807, 2.05) is 6.92 Å². The molecule has 0 spiro atoms. The number of nitrogens with zero attached hydrogens (tertiary/aromatic N) is 1. The van der Waals surface area contributed by atoms with Gasteiger partial charge in [-0.15, -0.1) is 12.4 Å². The van der Waals surface area contributed by atoms with E-state index in [2.05, 4.69) is 10.2 Å². The molecule has 1 atom stereocenters. The van der Waals surface area contributed by atoms with Crippen LogP contribution >= 0.6 is 24.0 Å². The van der Waals surface area contributed by atoms with E-state index < -0.39 is 0 Å². The van der Waals surface area contributed by atoms with Crippen LogP contribution in [0, 0.1) is 5.82 Å². The Labute approximate surface area is 113 Å². The van der Waals surface area contributed by atoms with Gasteiger partial charge in [-0.2, -0.15) is 0 Å². The van der Waals surface area contributed by atoms with Crippen molar-refractivity contribution < 1.29 is 4.39 Å². The lowest BCUT2D eigenvalue weighted by Gasteiger charge is -2.33. The molecule has 1 aromatic carbocycles. The second kappa shape index (κ2) is 6.55. The largest absolute Gasteiger partial charge is 0.314 e. The van der Waals surface area contributed by atoms with Crippen molar-refractivity contribution in [1.82, 2.24) is 10.2 Å². The smallest absolute Gasteiger partial charge is 0.129 e. The highest BCUT2D eigenvalue weighted by molar-refractivity contribution is 6.31. The van der Waals surface area contributed by atoms with Gasteiger partial charge in [-0.1, -0.05) is 17.7 Å². The van der Waals surface area contributed by atoms with Crippen molar-refractivity contribution in [2.75, 3.05) is 26.2 Å². The van der Waals surface area contributed by atoms with Crippen LogP contribution < -0.4 is 5.32 Å². The van der Waals surface area contributed by atoms with Gasteiger partial charge in [0.25, 0.3) is 0 Å². The Kier molecular flexibility index (Phi) is 5.67. The zero-order chi connectivity index (χ0) is 11.5. The highest BCUT2D eigenvalue weighted by Gasteiger charge is 2.22. The van der Waals surface area contributed by atoms with Crippen molar-refractivity contribution in [1.29, 1.82) is 0 Å². The Morgan fingerprint density at radius 3 is 2.59 bits per heavy atom. The van der Waals surface area contributed by atoms with Crippen LogP contribution in [0.1, 0.15) is 18.5 Å². The van der Waals surface area contributed by atoms with Crippen molar-refractivity contribution in [3.8, 4) is 0 Å². The number of rotatable bonds is 2. The molecular weight excluding hydrogens is 262 g/mol. The molecule has 0 aromatic heterocycles. The summed E-state index contributed by atoms with van der Waals surface area (Å²) in [4.78, 5) is 2.25. The minimum absolute atomic E-state index is 0. The topological polar surface area (TPSA) is 15.3 Å². The van der Waals surface area contributed by atoms with E-state index in [1.165, 1.54) is 6.07 Å². The highest BCUT2D eigenvalue weighted by Crippen LogP contribution is 2.29. The molecule has 1 fully saturated rings. The Morgan fingerprint density at radius 1 is 1.35 bits per heavy atom. The van der Waals surface area contributed by atoms with Crippen LogP contribution in [-0.4, -0.2) is 31.1 Å². The summed E-state index contributed by atoms with van der Waals surface area (Å²) in [5.41, 5.74) is 0.617. The fourth-order valence-electron chi connectivity index (χ4n) is 2.16. The van der Waals surface area contributed by atoms with Crippen LogP contribution in [0.2, 0.25) is 5.02 Å². The molecule has 0 unspecified atom stereocenters. The second-order valence-electron chi connectivity index (χ2n) is 4.10. The summed E-state index contributed by atoms with van der Waals surface area (Å²) in [7, 11) is 0. The molecule has 0 aliphatic carbocycles. The van der Waals surface area contributed by atoms with Gasteiger partial charge < -0.3 is 5.32 Å². The van der Waals surface area contributed by atoms with Gasteiger partial charge in [0, 0.05) is 42.8 Å². The Morgan fingerprint density at radius 2 is 2.00 bits per heavy atom. The highest BCUT2D eigenvalue weighted by atomic mass is 35.5. The van der Waals surface area contributed by atoms with Gasteiger partial charge in [0.1, 0.15) is 5.82 Å². The van der Waals surface area contributed by atoms with E-state index in [9.17, 15) is 4.39 Å². The number of hydrogen-bond donors (Lipinski definition) is 1. The average Bonchev–Trinajstić information content (AvgIpc) is 2.30. The minimum atomic E-state index is -0.210. The van der Waals surface area contributed by atoms with Crippen LogP contribution in [0.4, 0.5) is 4.39 Å². The normalized spacial score (nSPS) is 18.5. The summed E-state index contributed by atoms with van der Waals surface area (Å²) < 4.78 is 13.7. The quantitative estimate of drug-likeness (QED) is 0.895. The zero-order valence-corrected chi connectivity index (χ0v) is 11.3. The van der Waals surface area contributed by atoms with E-state index in [4.69, 9.17) is 11.6 Å². The fourth-order valence-corrected chi connectivity index (χ4v) is 2.48. The summed E-state index contributed by atoms with van der Waals surface area (Å²) in [5, 5.41) is 3.80. The van der Waals surface area contributed by atoms with Crippen LogP contribution in [0.3, 0.4) is 0 Å². The molecule has 1 aliphatic heterocycles. The molecule has 0 saturated carbocycles. The number of halogens is 3. The standard InChI is InChI=1S/C12H16ClFN2.ClH/c1-9(16-7-5-15-6-8-16)12-10(13)3-2-4-11(12)14;/h2-4,9,15H,5-8H2,1H3;1H/t9-;/m1./s1. The van der Waals surface area contributed by atoms with E-state index in [-0.39, 0.29) is 24.3 Å². The van der Waals surface area contributed by atoms with Crippen molar-refractivity contribution in [3.05, 3.63) is 34.6 Å². The molecule has 1 aliphatic rings. The van der Waals surface area contributed by atoms with Gasteiger partial charge in [0.15, 0.2) is 0 Å².